The van der Waals surface area contributed by atoms with Crippen molar-refractivity contribution in [3.05, 3.63) is 83.9 Å². The number of anilines is 1. The molecule has 158 valence electrons. The first-order valence-corrected chi connectivity index (χ1v) is 9.76. The molecule has 5 nitrogen and oxygen atoms in total. The largest absolute Gasteiger partial charge is 0.480 e. The Morgan fingerprint density at radius 2 is 1.53 bits per heavy atom. The predicted molar refractivity (Wildman–Crippen MR) is 118 cm³/mol. The number of nitriles is 1. The number of fused-ring (bicyclic) bond motifs is 1. The number of benzene rings is 3. The van der Waals surface area contributed by atoms with E-state index in [9.17, 15) is 23.9 Å². The molecule has 0 fully saturated rings. The van der Waals surface area contributed by atoms with Gasteiger partial charge in [-0.25, -0.2) is 13.8 Å². The smallest absolute Gasteiger partial charge is 0.325 e. The number of hydrogen-bond acceptors (Lipinski definition) is 4. The number of carbonyl (C=O) groups is 1. The Kier molecular flexibility index (Phi) is 5.52. The Hall–Kier alpha value is -4.31. The summed E-state index contributed by atoms with van der Waals surface area (Å²) >= 11 is 0. The van der Waals surface area contributed by atoms with Crippen LogP contribution in [0.25, 0.3) is 33.3 Å². The van der Waals surface area contributed by atoms with Crippen molar-refractivity contribution in [2.45, 2.75) is 13.0 Å². The van der Waals surface area contributed by atoms with E-state index >= 15 is 0 Å². The van der Waals surface area contributed by atoms with Crippen molar-refractivity contribution in [3.8, 4) is 28.5 Å². The molecular weight excluding hydrogens is 412 g/mol. The zero-order chi connectivity index (χ0) is 22.8. The number of aromatic nitrogens is 1. The van der Waals surface area contributed by atoms with Gasteiger partial charge in [0.25, 0.3) is 0 Å². The number of pyridine rings is 1. The highest BCUT2D eigenvalue weighted by Crippen LogP contribution is 2.35. The fourth-order valence-corrected chi connectivity index (χ4v) is 3.44. The summed E-state index contributed by atoms with van der Waals surface area (Å²) < 4.78 is 27.1. The van der Waals surface area contributed by atoms with Crippen LogP contribution in [0.5, 0.6) is 0 Å². The maximum Gasteiger partial charge on any atom is 0.325 e. The van der Waals surface area contributed by atoms with E-state index in [4.69, 9.17) is 0 Å². The molecule has 0 amide bonds. The van der Waals surface area contributed by atoms with Crippen LogP contribution in [0.1, 0.15) is 12.5 Å². The average Bonchev–Trinajstić information content (AvgIpc) is 2.79. The monoisotopic (exact) mass is 429 g/mol. The summed E-state index contributed by atoms with van der Waals surface area (Å²) in [5.41, 5.74) is 3.41. The molecule has 7 heteroatoms. The van der Waals surface area contributed by atoms with Crippen LogP contribution in [-0.4, -0.2) is 22.1 Å². The highest BCUT2D eigenvalue weighted by molar-refractivity contribution is 5.99. The molecule has 0 saturated heterocycles. The first-order chi connectivity index (χ1) is 15.4. The van der Waals surface area contributed by atoms with Crippen LogP contribution in [0.15, 0.2) is 66.7 Å². The van der Waals surface area contributed by atoms with Crippen molar-refractivity contribution < 1.29 is 18.7 Å². The van der Waals surface area contributed by atoms with Gasteiger partial charge in [-0.2, -0.15) is 5.26 Å². The molecule has 1 aromatic heterocycles. The summed E-state index contributed by atoms with van der Waals surface area (Å²) in [4.78, 5) is 16.0. The quantitative estimate of drug-likeness (QED) is 0.431. The number of carboxylic acid groups (broad SMARTS) is 1. The van der Waals surface area contributed by atoms with E-state index < -0.39 is 17.8 Å². The van der Waals surface area contributed by atoms with E-state index in [0.29, 0.717) is 22.2 Å². The van der Waals surface area contributed by atoms with E-state index in [0.717, 1.165) is 11.1 Å². The molecule has 1 unspecified atom stereocenters. The SMILES string of the molecule is CC(Nc1c(C#N)c(-c2ccc(-c3ccc(F)cc3)cc2)nc2ccc(F)cc12)C(=O)O. The summed E-state index contributed by atoms with van der Waals surface area (Å²) in [5.74, 6) is -1.96. The summed E-state index contributed by atoms with van der Waals surface area (Å²) in [6.07, 6.45) is 0. The van der Waals surface area contributed by atoms with Crippen molar-refractivity contribution in [1.29, 1.82) is 5.26 Å². The Morgan fingerprint density at radius 1 is 0.969 bits per heavy atom. The maximum absolute atomic E-state index is 13.9. The zero-order valence-corrected chi connectivity index (χ0v) is 16.9. The molecule has 4 rings (SSSR count). The molecule has 3 aromatic carbocycles. The van der Waals surface area contributed by atoms with Gasteiger partial charge >= 0.3 is 5.97 Å². The van der Waals surface area contributed by atoms with E-state index in [1.54, 1.807) is 24.3 Å². The van der Waals surface area contributed by atoms with E-state index in [2.05, 4.69) is 16.4 Å². The third-order valence-electron chi connectivity index (χ3n) is 5.13. The van der Waals surface area contributed by atoms with E-state index in [1.807, 2.05) is 12.1 Å². The topological polar surface area (TPSA) is 86.0 Å². The van der Waals surface area contributed by atoms with Gasteiger partial charge in [0.1, 0.15) is 29.3 Å². The molecule has 0 spiro atoms. The van der Waals surface area contributed by atoms with Crippen LogP contribution >= 0.6 is 0 Å². The second-order valence-electron chi connectivity index (χ2n) is 7.27. The summed E-state index contributed by atoms with van der Waals surface area (Å²) in [6.45, 7) is 1.44. The molecular formula is C25H17F2N3O2. The van der Waals surface area contributed by atoms with Crippen molar-refractivity contribution in [2.24, 2.45) is 0 Å². The lowest BCUT2D eigenvalue weighted by Crippen LogP contribution is -2.26. The van der Waals surface area contributed by atoms with Crippen LogP contribution in [0, 0.1) is 23.0 Å². The Morgan fingerprint density at radius 3 is 2.12 bits per heavy atom. The first-order valence-electron chi connectivity index (χ1n) is 9.76. The minimum Gasteiger partial charge on any atom is -0.480 e. The standard InChI is InChI=1S/C25H17F2N3O2/c1-14(25(31)32)29-24-20-12-19(27)10-11-22(20)30-23(21(24)13-28)17-4-2-15(3-5-17)16-6-8-18(26)9-7-16/h2-12,14H,1H3,(H,29,30)(H,31,32). The fourth-order valence-electron chi connectivity index (χ4n) is 3.44. The number of hydrogen-bond donors (Lipinski definition) is 2. The van der Waals surface area contributed by atoms with Gasteiger partial charge in [0.15, 0.2) is 0 Å². The molecule has 1 atom stereocenters. The first kappa shape index (κ1) is 20.9. The summed E-state index contributed by atoms with van der Waals surface area (Å²) in [5, 5.41) is 22.4. The highest BCUT2D eigenvalue weighted by Gasteiger charge is 2.20. The molecule has 0 saturated carbocycles. The van der Waals surface area contributed by atoms with Crippen molar-refractivity contribution in [3.63, 3.8) is 0 Å². The molecule has 0 aliphatic heterocycles. The lowest BCUT2D eigenvalue weighted by Gasteiger charge is -2.17. The van der Waals surface area contributed by atoms with Crippen LogP contribution in [-0.2, 0) is 4.79 Å². The van der Waals surface area contributed by atoms with Gasteiger partial charge in [0.05, 0.1) is 16.9 Å². The number of carboxylic acids is 1. The number of halogens is 2. The Labute approximate surface area is 182 Å². The number of nitrogens with zero attached hydrogens (tertiary/aromatic N) is 2. The summed E-state index contributed by atoms with van der Waals surface area (Å²) in [6, 6.07) is 18.4. The number of aliphatic carboxylic acids is 1. The maximum atomic E-state index is 13.9. The van der Waals surface area contributed by atoms with Gasteiger partial charge in [-0.05, 0) is 48.4 Å². The second kappa shape index (κ2) is 8.44. The van der Waals surface area contributed by atoms with Gasteiger partial charge in [-0.3, -0.25) is 4.79 Å². The fraction of sp³-hybridized carbons (Fsp3) is 0.0800. The molecule has 0 aliphatic rings. The van der Waals surface area contributed by atoms with Gasteiger partial charge in [0, 0.05) is 10.9 Å². The van der Waals surface area contributed by atoms with Crippen molar-refractivity contribution >= 4 is 22.6 Å². The minimum absolute atomic E-state index is 0.116. The molecule has 2 N–H and O–H groups in total. The predicted octanol–water partition coefficient (Wildman–Crippen LogP) is 5.60. The van der Waals surface area contributed by atoms with Crippen LogP contribution in [0.2, 0.25) is 0 Å². The third-order valence-corrected chi connectivity index (χ3v) is 5.13. The number of rotatable bonds is 5. The molecule has 0 aliphatic carbocycles. The van der Waals surface area contributed by atoms with Crippen LogP contribution in [0.4, 0.5) is 14.5 Å². The Bertz CT molecular complexity index is 1360. The van der Waals surface area contributed by atoms with E-state index in [1.165, 1.54) is 37.3 Å². The van der Waals surface area contributed by atoms with E-state index in [-0.39, 0.29) is 17.1 Å². The normalized spacial score (nSPS) is 11.7. The van der Waals surface area contributed by atoms with Gasteiger partial charge < -0.3 is 10.4 Å². The van der Waals surface area contributed by atoms with Gasteiger partial charge in [0.2, 0.25) is 0 Å². The highest BCUT2D eigenvalue weighted by atomic mass is 19.1. The van der Waals surface area contributed by atoms with Crippen molar-refractivity contribution in [1.82, 2.24) is 4.98 Å². The van der Waals surface area contributed by atoms with Gasteiger partial charge in [-0.15, -0.1) is 0 Å². The zero-order valence-electron chi connectivity index (χ0n) is 16.9. The van der Waals surface area contributed by atoms with Crippen molar-refractivity contribution in [2.75, 3.05) is 5.32 Å². The molecule has 0 bridgehead atoms. The lowest BCUT2D eigenvalue weighted by atomic mass is 9.98. The second-order valence-corrected chi connectivity index (χ2v) is 7.27. The molecule has 1 heterocycles. The molecule has 32 heavy (non-hydrogen) atoms. The van der Waals surface area contributed by atoms with Crippen LogP contribution in [0.3, 0.4) is 0 Å². The summed E-state index contributed by atoms with van der Waals surface area (Å²) in [7, 11) is 0. The number of nitrogens with one attached hydrogen (secondary N) is 1. The lowest BCUT2D eigenvalue weighted by molar-refractivity contribution is -0.137. The third kappa shape index (κ3) is 3.98. The minimum atomic E-state index is -1.11. The van der Waals surface area contributed by atoms with Gasteiger partial charge in [-0.1, -0.05) is 36.4 Å². The average molecular weight is 429 g/mol. The van der Waals surface area contributed by atoms with Crippen LogP contribution < -0.4 is 5.32 Å². The molecule has 0 radical (unpaired) electrons. The Balaban J connectivity index is 1.87. The molecule has 4 aromatic rings.